The highest BCUT2D eigenvalue weighted by molar-refractivity contribution is 5.81. The Hall–Kier alpha value is -3.62. The third kappa shape index (κ3) is 2.69. The van der Waals surface area contributed by atoms with Gasteiger partial charge in [-0.15, -0.1) is 15.3 Å². The van der Waals surface area contributed by atoms with Crippen molar-refractivity contribution in [3.63, 3.8) is 0 Å². The van der Waals surface area contributed by atoms with E-state index in [1.807, 2.05) is 24.4 Å². The van der Waals surface area contributed by atoms with E-state index < -0.39 is 6.04 Å². The molecule has 9 heteroatoms. The summed E-state index contributed by atoms with van der Waals surface area (Å²) in [6.45, 7) is 1.78. The Morgan fingerprint density at radius 2 is 1.92 bits per heavy atom. The first-order chi connectivity index (χ1) is 12.6. The number of pyridine rings is 1. The highest BCUT2D eigenvalue weighted by atomic mass is 16.2. The summed E-state index contributed by atoms with van der Waals surface area (Å²) in [7, 11) is 0. The zero-order valence-electron chi connectivity index (χ0n) is 13.9. The van der Waals surface area contributed by atoms with Crippen LogP contribution in [0.5, 0.6) is 0 Å². The maximum Gasteiger partial charge on any atom is 0.278 e. The van der Waals surface area contributed by atoms with Crippen LogP contribution in [0.15, 0.2) is 53.5 Å². The first-order valence-corrected chi connectivity index (χ1v) is 8.06. The molecule has 0 radical (unpaired) electrons. The summed E-state index contributed by atoms with van der Waals surface area (Å²) in [4.78, 5) is 25.0. The van der Waals surface area contributed by atoms with Crippen molar-refractivity contribution in [2.75, 3.05) is 0 Å². The highest BCUT2D eigenvalue weighted by Crippen LogP contribution is 2.07. The molecule has 0 aliphatic carbocycles. The summed E-state index contributed by atoms with van der Waals surface area (Å²) < 4.78 is 2.87. The number of nitrogens with one attached hydrogen (secondary N) is 1. The van der Waals surface area contributed by atoms with Crippen molar-refractivity contribution in [3.8, 4) is 0 Å². The van der Waals surface area contributed by atoms with Gasteiger partial charge < -0.3 is 5.32 Å². The number of hydrogen-bond donors (Lipinski definition) is 1. The molecule has 0 saturated heterocycles. The van der Waals surface area contributed by atoms with E-state index in [2.05, 4.69) is 25.8 Å². The summed E-state index contributed by atoms with van der Waals surface area (Å²) >= 11 is 0. The monoisotopic (exact) mass is 349 g/mol. The summed E-state index contributed by atoms with van der Waals surface area (Å²) in [5.74, 6) is 0.238. The number of carbonyl (C=O) groups is 1. The zero-order chi connectivity index (χ0) is 18.1. The van der Waals surface area contributed by atoms with Gasteiger partial charge >= 0.3 is 0 Å². The van der Waals surface area contributed by atoms with Crippen molar-refractivity contribution < 1.29 is 4.79 Å². The molecule has 9 nitrogen and oxygen atoms in total. The van der Waals surface area contributed by atoms with Gasteiger partial charge in [0.1, 0.15) is 11.6 Å². The molecule has 26 heavy (non-hydrogen) atoms. The third-order valence-electron chi connectivity index (χ3n) is 4.14. The lowest BCUT2D eigenvalue weighted by molar-refractivity contribution is -0.124. The van der Waals surface area contributed by atoms with E-state index in [-0.39, 0.29) is 18.0 Å². The Labute approximate surface area is 147 Å². The van der Waals surface area contributed by atoms with Crippen LogP contribution in [0.3, 0.4) is 0 Å². The highest BCUT2D eigenvalue weighted by Gasteiger charge is 2.19. The summed E-state index contributed by atoms with van der Waals surface area (Å²) in [6, 6.07) is 11.6. The maximum atomic E-state index is 12.5. The van der Waals surface area contributed by atoms with Crippen LogP contribution in [0, 0.1) is 0 Å². The lowest BCUT2D eigenvalue weighted by Crippen LogP contribution is -2.37. The van der Waals surface area contributed by atoms with Crippen LogP contribution in [0.1, 0.15) is 18.8 Å². The van der Waals surface area contributed by atoms with Gasteiger partial charge in [0.15, 0.2) is 11.5 Å². The fourth-order valence-electron chi connectivity index (χ4n) is 2.69. The summed E-state index contributed by atoms with van der Waals surface area (Å²) in [6.07, 6.45) is 1.82. The zero-order valence-corrected chi connectivity index (χ0v) is 13.9. The standard InChI is InChI=1S/C17H15N7O2/c1-11(24-17(26)12-6-2-3-7-13(12)19-22-24)16(25)18-10-15-21-20-14-8-4-5-9-23(14)15/h2-9,11H,10H2,1H3,(H,18,25)/t11-/m1/s1. The van der Waals surface area contributed by atoms with Gasteiger partial charge in [-0.25, -0.2) is 0 Å². The molecule has 1 atom stereocenters. The molecule has 0 bridgehead atoms. The number of benzene rings is 1. The predicted octanol–water partition coefficient (Wildman–Crippen LogP) is 0.712. The molecule has 0 aliphatic rings. The lowest BCUT2D eigenvalue weighted by atomic mass is 10.2. The Morgan fingerprint density at radius 1 is 1.12 bits per heavy atom. The molecule has 0 fully saturated rings. The average molecular weight is 349 g/mol. The number of rotatable bonds is 4. The SMILES string of the molecule is C[C@H](C(=O)NCc1nnc2ccccn12)n1nnc2ccccc2c1=O. The van der Waals surface area contributed by atoms with Crippen LogP contribution in [-0.2, 0) is 11.3 Å². The quantitative estimate of drug-likeness (QED) is 0.581. The van der Waals surface area contributed by atoms with Crippen LogP contribution in [-0.4, -0.2) is 35.5 Å². The normalized spacial score (nSPS) is 12.3. The predicted molar refractivity (Wildman–Crippen MR) is 93.3 cm³/mol. The fourth-order valence-corrected chi connectivity index (χ4v) is 2.69. The van der Waals surface area contributed by atoms with Gasteiger partial charge in [-0.05, 0) is 31.2 Å². The van der Waals surface area contributed by atoms with Crippen LogP contribution in [0.2, 0.25) is 0 Å². The van der Waals surface area contributed by atoms with Crippen LogP contribution in [0.4, 0.5) is 0 Å². The van der Waals surface area contributed by atoms with Gasteiger partial charge in [-0.2, -0.15) is 4.68 Å². The Morgan fingerprint density at radius 3 is 2.81 bits per heavy atom. The molecule has 0 aliphatic heterocycles. The average Bonchev–Trinajstić information content (AvgIpc) is 3.09. The number of carbonyl (C=O) groups excluding carboxylic acids is 1. The second-order valence-corrected chi connectivity index (χ2v) is 5.80. The van der Waals surface area contributed by atoms with Crippen molar-refractivity contribution in [2.45, 2.75) is 19.5 Å². The first-order valence-electron chi connectivity index (χ1n) is 8.06. The van der Waals surface area contributed by atoms with Crippen molar-refractivity contribution >= 4 is 22.5 Å². The number of hydrogen-bond acceptors (Lipinski definition) is 6. The molecule has 1 aromatic carbocycles. The van der Waals surface area contributed by atoms with E-state index in [0.29, 0.717) is 22.4 Å². The number of aromatic nitrogens is 6. The lowest BCUT2D eigenvalue weighted by Gasteiger charge is -2.13. The number of fused-ring (bicyclic) bond motifs is 2. The van der Waals surface area contributed by atoms with Gasteiger partial charge in [0.2, 0.25) is 5.91 Å². The van der Waals surface area contributed by atoms with Crippen LogP contribution in [0.25, 0.3) is 16.6 Å². The smallest absolute Gasteiger partial charge is 0.278 e. The summed E-state index contributed by atoms with van der Waals surface area (Å²) in [5, 5.41) is 19.2. The van der Waals surface area contributed by atoms with E-state index in [0.717, 1.165) is 4.68 Å². The second kappa shape index (κ2) is 6.36. The van der Waals surface area contributed by atoms with Crippen LogP contribution >= 0.6 is 0 Å². The Kier molecular flexibility index (Phi) is 3.88. The molecular formula is C17H15N7O2. The molecule has 0 saturated carbocycles. The van der Waals surface area contributed by atoms with Crippen molar-refractivity contribution in [3.05, 3.63) is 64.8 Å². The second-order valence-electron chi connectivity index (χ2n) is 5.80. The minimum absolute atomic E-state index is 0.185. The maximum absolute atomic E-state index is 12.5. The van der Waals surface area contributed by atoms with Crippen molar-refractivity contribution in [2.24, 2.45) is 0 Å². The van der Waals surface area contributed by atoms with Crippen LogP contribution < -0.4 is 10.9 Å². The molecule has 3 aromatic heterocycles. The molecule has 0 spiro atoms. The molecule has 1 amide bonds. The molecule has 130 valence electrons. The number of amides is 1. The van der Waals surface area contributed by atoms with Gasteiger partial charge in [0.05, 0.1) is 11.9 Å². The van der Waals surface area contributed by atoms with E-state index in [1.165, 1.54) is 0 Å². The van der Waals surface area contributed by atoms with E-state index in [1.54, 1.807) is 35.6 Å². The van der Waals surface area contributed by atoms with Gasteiger partial charge in [0.25, 0.3) is 5.56 Å². The third-order valence-corrected chi connectivity index (χ3v) is 4.14. The van der Waals surface area contributed by atoms with Gasteiger partial charge in [-0.1, -0.05) is 23.4 Å². The molecule has 0 unspecified atom stereocenters. The van der Waals surface area contributed by atoms with Crippen molar-refractivity contribution in [1.82, 2.24) is 34.9 Å². The Balaban J connectivity index is 1.55. The number of nitrogens with zero attached hydrogens (tertiary/aromatic N) is 6. The molecule has 3 heterocycles. The minimum atomic E-state index is -0.807. The molecular weight excluding hydrogens is 334 g/mol. The van der Waals surface area contributed by atoms with E-state index in [9.17, 15) is 9.59 Å². The molecule has 4 rings (SSSR count). The van der Waals surface area contributed by atoms with Gasteiger partial charge in [0, 0.05) is 6.20 Å². The van der Waals surface area contributed by atoms with E-state index in [4.69, 9.17) is 0 Å². The summed E-state index contributed by atoms with van der Waals surface area (Å²) in [5.41, 5.74) is 0.837. The Bertz CT molecular complexity index is 1160. The molecule has 4 aromatic rings. The van der Waals surface area contributed by atoms with E-state index >= 15 is 0 Å². The topological polar surface area (TPSA) is 107 Å². The minimum Gasteiger partial charge on any atom is -0.347 e. The fraction of sp³-hybridized carbons (Fsp3) is 0.176. The molecule has 1 N–H and O–H groups in total. The first kappa shape index (κ1) is 15.9. The van der Waals surface area contributed by atoms with Crippen molar-refractivity contribution in [1.29, 1.82) is 0 Å². The largest absolute Gasteiger partial charge is 0.347 e. The van der Waals surface area contributed by atoms with Gasteiger partial charge in [-0.3, -0.25) is 14.0 Å².